The van der Waals surface area contributed by atoms with E-state index >= 15 is 0 Å². The van der Waals surface area contributed by atoms with E-state index in [2.05, 4.69) is 0 Å². The molecule has 1 amide bonds. The molecule has 1 aromatic carbocycles. The average molecular weight is 269 g/mol. The molecule has 0 aliphatic carbocycles. The molecule has 0 radical (unpaired) electrons. The van der Waals surface area contributed by atoms with Crippen molar-refractivity contribution in [3.63, 3.8) is 0 Å². The summed E-state index contributed by atoms with van der Waals surface area (Å²) in [5, 5.41) is 10.6. The van der Waals surface area contributed by atoms with E-state index in [1.807, 2.05) is 0 Å². The van der Waals surface area contributed by atoms with Crippen LogP contribution in [0.15, 0.2) is 18.2 Å². The molecule has 0 aromatic heterocycles. The Labute approximate surface area is 98.2 Å². The summed E-state index contributed by atoms with van der Waals surface area (Å²) < 4.78 is 61.7. The van der Waals surface area contributed by atoms with Crippen LogP contribution in [0.3, 0.4) is 0 Å². The van der Waals surface area contributed by atoms with Crippen molar-refractivity contribution in [2.45, 2.75) is 12.3 Å². The van der Waals surface area contributed by atoms with Crippen molar-refractivity contribution in [3.8, 4) is 5.75 Å². The molecule has 18 heavy (non-hydrogen) atoms. The van der Waals surface area contributed by atoms with Gasteiger partial charge in [0, 0.05) is 0 Å². The Bertz CT molecular complexity index is 430. The molecule has 0 bridgehead atoms. The SMILES string of the molecule is O=C(NCC(F)(F)C(F)F)c1c(O)cccc1F. The van der Waals surface area contributed by atoms with E-state index in [0.29, 0.717) is 0 Å². The van der Waals surface area contributed by atoms with Gasteiger partial charge in [-0.05, 0) is 12.1 Å². The maximum atomic E-state index is 13.1. The Morgan fingerprint density at radius 2 is 2.00 bits per heavy atom. The van der Waals surface area contributed by atoms with Gasteiger partial charge < -0.3 is 10.4 Å². The second-order valence-electron chi connectivity index (χ2n) is 3.38. The highest BCUT2D eigenvalue weighted by molar-refractivity contribution is 5.97. The number of rotatable bonds is 4. The van der Waals surface area contributed by atoms with Crippen LogP contribution in [0.1, 0.15) is 10.4 Å². The van der Waals surface area contributed by atoms with Crippen molar-refractivity contribution >= 4 is 5.91 Å². The van der Waals surface area contributed by atoms with Crippen LogP contribution >= 0.6 is 0 Å². The normalized spacial score (nSPS) is 11.7. The van der Waals surface area contributed by atoms with Gasteiger partial charge in [-0.1, -0.05) is 6.07 Å². The molecule has 0 saturated heterocycles. The number of aromatic hydroxyl groups is 1. The molecule has 100 valence electrons. The third-order valence-electron chi connectivity index (χ3n) is 2.02. The average Bonchev–Trinajstić information content (AvgIpc) is 2.26. The predicted molar refractivity (Wildman–Crippen MR) is 51.3 cm³/mol. The Morgan fingerprint density at radius 3 is 2.50 bits per heavy atom. The predicted octanol–water partition coefficient (Wildman–Crippen LogP) is 2.16. The van der Waals surface area contributed by atoms with Crippen LogP contribution in [0.5, 0.6) is 5.75 Å². The number of alkyl halides is 4. The molecule has 0 spiro atoms. The number of benzene rings is 1. The molecule has 0 aliphatic heterocycles. The van der Waals surface area contributed by atoms with Crippen molar-refractivity contribution in [1.29, 1.82) is 0 Å². The maximum Gasteiger partial charge on any atom is 0.324 e. The zero-order chi connectivity index (χ0) is 13.9. The lowest BCUT2D eigenvalue weighted by Gasteiger charge is -2.16. The van der Waals surface area contributed by atoms with Gasteiger partial charge in [-0.15, -0.1) is 0 Å². The third kappa shape index (κ3) is 3.08. The minimum atomic E-state index is -4.42. The number of hydrogen-bond donors (Lipinski definition) is 2. The van der Waals surface area contributed by atoms with Crippen LogP contribution in [-0.4, -0.2) is 29.9 Å². The molecule has 1 aromatic rings. The van der Waals surface area contributed by atoms with E-state index in [0.717, 1.165) is 18.2 Å². The van der Waals surface area contributed by atoms with Gasteiger partial charge in [0.25, 0.3) is 5.91 Å². The number of hydrogen-bond acceptors (Lipinski definition) is 2. The van der Waals surface area contributed by atoms with Crippen molar-refractivity contribution in [3.05, 3.63) is 29.6 Å². The van der Waals surface area contributed by atoms with E-state index in [1.165, 1.54) is 5.32 Å². The van der Waals surface area contributed by atoms with Gasteiger partial charge in [-0.3, -0.25) is 4.79 Å². The summed E-state index contributed by atoms with van der Waals surface area (Å²) in [6, 6.07) is 2.87. The van der Waals surface area contributed by atoms with Crippen molar-refractivity contribution in [2.75, 3.05) is 6.54 Å². The Morgan fingerprint density at radius 1 is 1.39 bits per heavy atom. The number of phenols is 1. The summed E-state index contributed by atoms with van der Waals surface area (Å²) in [5.41, 5.74) is -0.873. The smallest absolute Gasteiger partial charge is 0.324 e. The summed E-state index contributed by atoms with van der Waals surface area (Å²) in [6.07, 6.45) is -3.95. The number of carbonyl (C=O) groups is 1. The van der Waals surface area contributed by atoms with Crippen LogP contribution in [-0.2, 0) is 0 Å². The highest BCUT2D eigenvalue weighted by atomic mass is 19.3. The van der Waals surface area contributed by atoms with E-state index in [-0.39, 0.29) is 0 Å². The second kappa shape index (κ2) is 5.19. The fourth-order valence-electron chi connectivity index (χ4n) is 1.10. The van der Waals surface area contributed by atoms with Crippen LogP contribution in [0.25, 0.3) is 0 Å². The summed E-state index contributed by atoms with van der Waals surface area (Å²) in [7, 11) is 0. The molecule has 2 N–H and O–H groups in total. The third-order valence-corrected chi connectivity index (χ3v) is 2.02. The molecule has 0 atom stereocenters. The summed E-state index contributed by atoms with van der Waals surface area (Å²) in [5.74, 6) is -7.73. The standard InChI is InChI=1S/C10H8F5NO2/c11-5-2-1-3-6(17)7(5)8(18)16-4-10(14,15)9(12)13/h1-3,9,17H,4H2,(H,16,18). The van der Waals surface area contributed by atoms with Crippen LogP contribution in [0, 0.1) is 5.82 Å². The molecular weight excluding hydrogens is 261 g/mol. The topological polar surface area (TPSA) is 49.3 Å². The Balaban J connectivity index is 2.79. The van der Waals surface area contributed by atoms with E-state index in [9.17, 15) is 26.7 Å². The number of carbonyl (C=O) groups excluding carboxylic acids is 1. The number of amides is 1. The molecule has 0 saturated carbocycles. The second-order valence-corrected chi connectivity index (χ2v) is 3.38. The lowest BCUT2D eigenvalue weighted by Crippen LogP contribution is -2.41. The van der Waals surface area contributed by atoms with Gasteiger partial charge >= 0.3 is 12.3 Å². The number of nitrogens with one attached hydrogen (secondary N) is 1. The van der Waals surface area contributed by atoms with Gasteiger partial charge in [0.05, 0.1) is 6.54 Å². The van der Waals surface area contributed by atoms with Crippen molar-refractivity contribution < 1.29 is 31.9 Å². The van der Waals surface area contributed by atoms with Gasteiger partial charge in [-0.2, -0.15) is 8.78 Å². The maximum absolute atomic E-state index is 13.1. The first-order chi connectivity index (χ1) is 8.25. The largest absolute Gasteiger partial charge is 0.507 e. The highest BCUT2D eigenvalue weighted by Gasteiger charge is 2.41. The molecular formula is C10H8F5NO2. The van der Waals surface area contributed by atoms with Gasteiger partial charge in [0.15, 0.2) is 0 Å². The first-order valence-corrected chi connectivity index (χ1v) is 4.67. The Hall–Kier alpha value is -1.86. The minimum Gasteiger partial charge on any atom is -0.507 e. The zero-order valence-corrected chi connectivity index (χ0v) is 8.76. The number of phenolic OH excluding ortho intramolecular Hbond substituents is 1. The fraction of sp³-hybridized carbons (Fsp3) is 0.300. The Kier molecular flexibility index (Phi) is 4.10. The van der Waals surface area contributed by atoms with Crippen molar-refractivity contribution in [1.82, 2.24) is 5.32 Å². The highest BCUT2D eigenvalue weighted by Crippen LogP contribution is 2.23. The summed E-state index contributed by atoms with van der Waals surface area (Å²) in [6.45, 7) is -1.66. The van der Waals surface area contributed by atoms with Gasteiger partial charge in [0.2, 0.25) is 0 Å². The molecule has 0 aliphatic rings. The van der Waals surface area contributed by atoms with Crippen LogP contribution < -0.4 is 5.32 Å². The monoisotopic (exact) mass is 269 g/mol. The van der Waals surface area contributed by atoms with Crippen LogP contribution in [0.4, 0.5) is 22.0 Å². The molecule has 8 heteroatoms. The summed E-state index contributed by atoms with van der Waals surface area (Å²) >= 11 is 0. The van der Waals surface area contributed by atoms with Crippen LogP contribution in [0.2, 0.25) is 0 Å². The first kappa shape index (κ1) is 14.2. The molecule has 0 unspecified atom stereocenters. The molecule has 3 nitrogen and oxygen atoms in total. The van der Waals surface area contributed by atoms with E-state index in [4.69, 9.17) is 5.11 Å². The lowest BCUT2D eigenvalue weighted by atomic mass is 10.1. The van der Waals surface area contributed by atoms with E-state index < -0.39 is 41.9 Å². The fourth-order valence-corrected chi connectivity index (χ4v) is 1.10. The molecule has 1 rings (SSSR count). The number of halogens is 5. The molecule has 0 heterocycles. The van der Waals surface area contributed by atoms with Gasteiger partial charge in [0.1, 0.15) is 17.1 Å². The lowest BCUT2D eigenvalue weighted by molar-refractivity contribution is -0.123. The quantitative estimate of drug-likeness (QED) is 0.823. The minimum absolute atomic E-state index is 0.770. The van der Waals surface area contributed by atoms with Crippen molar-refractivity contribution in [2.24, 2.45) is 0 Å². The first-order valence-electron chi connectivity index (χ1n) is 4.67. The van der Waals surface area contributed by atoms with E-state index in [1.54, 1.807) is 0 Å². The van der Waals surface area contributed by atoms with Gasteiger partial charge in [-0.25, -0.2) is 13.2 Å². The zero-order valence-electron chi connectivity index (χ0n) is 8.76. The molecule has 0 fully saturated rings. The summed E-state index contributed by atoms with van der Waals surface area (Å²) in [4.78, 5) is 11.3.